The predicted octanol–water partition coefficient (Wildman–Crippen LogP) is 3.78. The molecule has 2 aromatic rings. The number of pyridine rings is 1. The van der Waals surface area contributed by atoms with E-state index in [1.165, 1.54) is 0 Å². The molecule has 166 valence electrons. The van der Waals surface area contributed by atoms with E-state index in [1.54, 1.807) is 7.11 Å². The summed E-state index contributed by atoms with van der Waals surface area (Å²) in [5.74, 6) is 1.60. The van der Waals surface area contributed by atoms with Gasteiger partial charge in [-0.3, -0.25) is 9.78 Å². The van der Waals surface area contributed by atoms with Crippen LogP contribution in [-0.2, 0) is 9.53 Å². The fourth-order valence-corrected chi connectivity index (χ4v) is 4.51. The van der Waals surface area contributed by atoms with Gasteiger partial charge >= 0.3 is 0 Å². The van der Waals surface area contributed by atoms with E-state index in [2.05, 4.69) is 22.9 Å². The molecule has 1 unspecified atom stereocenters. The van der Waals surface area contributed by atoms with Gasteiger partial charge in [-0.2, -0.15) is 0 Å². The number of likely N-dealkylation sites (tertiary alicyclic amines) is 1. The Bertz CT molecular complexity index is 863. The summed E-state index contributed by atoms with van der Waals surface area (Å²) in [7, 11) is 1.66. The van der Waals surface area contributed by atoms with Crippen LogP contribution in [0, 0.1) is 5.92 Å². The molecule has 0 aliphatic carbocycles. The van der Waals surface area contributed by atoms with E-state index >= 15 is 0 Å². The van der Waals surface area contributed by atoms with E-state index in [0.717, 1.165) is 55.0 Å². The zero-order valence-electron chi connectivity index (χ0n) is 18.6. The van der Waals surface area contributed by atoms with Crippen molar-refractivity contribution in [3.63, 3.8) is 0 Å². The lowest BCUT2D eigenvalue weighted by Gasteiger charge is -2.35. The van der Waals surface area contributed by atoms with Crippen molar-refractivity contribution in [1.29, 1.82) is 0 Å². The summed E-state index contributed by atoms with van der Waals surface area (Å²) in [6.45, 7) is 7.40. The standard InChI is InChI=1S/C25H33N3O3/c1-3-27-11-9-19(10-12-27)15-25(29)28-13-14-31-24(18-28)21-7-8-23(26-17-21)20-5-4-6-22(16-20)30-2/h4-8,16-17,19,24H,3,9-15,18H2,1-2H3. The fourth-order valence-electron chi connectivity index (χ4n) is 4.51. The van der Waals surface area contributed by atoms with Gasteiger partial charge in [-0.25, -0.2) is 0 Å². The van der Waals surface area contributed by atoms with E-state index in [4.69, 9.17) is 9.47 Å². The van der Waals surface area contributed by atoms with Gasteiger partial charge in [0.1, 0.15) is 11.9 Å². The molecule has 31 heavy (non-hydrogen) atoms. The van der Waals surface area contributed by atoms with Gasteiger partial charge in [0.25, 0.3) is 0 Å². The van der Waals surface area contributed by atoms with Crippen molar-refractivity contribution >= 4 is 5.91 Å². The van der Waals surface area contributed by atoms with Crippen LogP contribution in [0.1, 0.15) is 37.9 Å². The van der Waals surface area contributed by atoms with Crippen LogP contribution in [0.25, 0.3) is 11.3 Å². The number of benzene rings is 1. The molecule has 0 spiro atoms. The predicted molar refractivity (Wildman–Crippen MR) is 121 cm³/mol. The Morgan fingerprint density at radius 2 is 2.03 bits per heavy atom. The van der Waals surface area contributed by atoms with Crippen molar-refractivity contribution in [2.45, 2.75) is 32.3 Å². The normalized spacial score (nSPS) is 20.6. The quantitative estimate of drug-likeness (QED) is 0.708. The zero-order valence-corrected chi connectivity index (χ0v) is 18.6. The minimum atomic E-state index is -0.119. The largest absolute Gasteiger partial charge is 0.497 e. The van der Waals surface area contributed by atoms with Crippen molar-refractivity contribution in [3.8, 4) is 17.0 Å². The SMILES string of the molecule is CCN1CCC(CC(=O)N2CCOC(c3ccc(-c4cccc(OC)c4)nc3)C2)CC1. The van der Waals surface area contributed by atoms with Crippen molar-refractivity contribution in [2.24, 2.45) is 5.92 Å². The second kappa shape index (κ2) is 10.2. The molecule has 0 saturated carbocycles. The minimum absolute atomic E-state index is 0.119. The number of amides is 1. The van der Waals surface area contributed by atoms with E-state index in [1.807, 2.05) is 41.4 Å². The summed E-state index contributed by atoms with van der Waals surface area (Å²) in [6.07, 6.45) is 4.67. The summed E-state index contributed by atoms with van der Waals surface area (Å²) < 4.78 is 11.3. The summed E-state index contributed by atoms with van der Waals surface area (Å²) in [5.41, 5.74) is 2.92. The van der Waals surface area contributed by atoms with Crippen LogP contribution in [0.2, 0.25) is 0 Å². The maximum atomic E-state index is 12.9. The first-order valence-electron chi connectivity index (χ1n) is 11.4. The molecule has 2 saturated heterocycles. The van der Waals surface area contributed by atoms with E-state index in [-0.39, 0.29) is 12.0 Å². The van der Waals surface area contributed by atoms with Crippen molar-refractivity contribution in [3.05, 3.63) is 48.2 Å². The number of hydrogen-bond donors (Lipinski definition) is 0. The molecule has 0 N–H and O–H groups in total. The van der Waals surface area contributed by atoms with Crippen LogP contribution in [0.15, 0.2) is 42.6 Å². The topological polar surface area (TPSA) is 54.9 Å². The molecule has 0 radical (unpaired) electrons. The van der Waals surface area contributed by atoms with Crippen LogP contribution in [0.4, 0.5) is 0 Å². The van der Waals surface area contributed by atoms with Crippen LogP contribution >= 0.6 is 0 Å². The Hall–Kier alpha value is -2.44. The molecule has 4 rings (SSSR count). The average molecular weight is 424 g/mol. The van der Waals surface area contributed by atoms with E-state index in [9.17, 15) is 4.79 Å². The molecule has 2 fully saturated rings. The number of ether oxygens (including phenoxy) is 2. The molecular formula is C25H33N3O3. The number of carbonyl (C=O) groups excluding carboxylic acids is 1. The number of hydrogen-bond acceptors (Lipinski definition) is 5. The number of rotatable bonds is 6. The van der Waals surface area contributed by atoms with Crippen molar-refractivity contribution < 1.29 is 14.3 Å². The highest BCUT2D eigenvalue weighted by atomic mass is 16.5. The van der Waals surface area contributed by atoms with Crippen molar-refractivity contribution in [2.75, 3.05) is 46.4 Å². The highest BCUT2D eigenvalue weighted by Gasteiger charge is 2.28. The first-order chi connectivity index (χ1) is 15.2. The highest BCUT2D eigenvalue weighted by Crippen LogP contribution is 2.27. The number of nitrogens with zero attached hydrogens (tertiary/aromatic N) is 3. The lowest BCUT2D eigenvalue weighted by Crippen LogP contribution is -2.43. The number of aromatic nitrogens is 1. The Labute approximate surface area is 185 Å². The zero-order chi connectivity index (χ0) is 21.6. The van der Waals surface area contributed by atoms with Gasteiger partial charge in [-0.15, -0.1) is 0 Å². The molecule has 2 aliphatic rings. The molecule has 6 heteroatoms. The second-order valence-electron chi connectivity index (χ2n) is 8.49. The van der Waals surface area contributed by atoms with Crippen LogP contribution in [0.5, 0.6) is 5.75 Å². The van der Waals surface area contributed by atoms with Gasteiger partial charge in [0, 0.05) is 30.3 Å². The molecule has 3 heterocycles. The third kappa shape index (κ3) is 5.43. The van der Waals surface area contributed by atoms with Crippen LogP contribution in [0.3, 0.4) is 0 Å². The third-order valence-electron chi connectivity index (χ3n) is 6.56. The highest BCUT2D eigenvalue weighted by molar-refractivity contribution is 5.76. The van der Waals surface area contributed by atoms with E-state index in [0.29, 0.717) is 32.0 Å². The molecule has 0 bridgehead atoms. The summed E-state index contributed by atoms with van der Waals surface area (Å²) in [5, 5.41) is 0. The smallest absolute Gasteiger partial charge is 0.223 e. The van der Waals surface area contributed by atoms with Gasteiger partial charge < -0.3 is 19.3 Å². The average Bonchev–Trinajstić information content (AvgIpc) is 2.84. The van der Waals surface area contributed by atoms with Crippen LogP contribution in [-0.4, -0.2) is 67.1 Å². The number of carbonyl (C=O) groups is 1. The van der Waals surface area contributed by atoms with Crippen molar-refractivity contribution in [1.82, 2.24) is 14.8 Å². The second-order valence-corrected chi connectivity index (χ2v) is 8.49. The molecular weight excluding hydrogens is 390 g/mol. The van der Waals surface area contributed by atoms with Crippen LogP contribution < -0.4 is 4.74 Å². The minimum Gasteiger partial charge on any atom is -0.497 e. The molecule has 2 aliphatic heterocycles. The van der Waals surface area contributed by atoms with Gasteiger partial charge in [-0.1, -0.05) is 25.1 Å². The van der Waals surface area contributed by atoms with Gasteiger partial charge in [0.2, 0.25) is 5.91 Å². The first-order valence-corrected chi connectivity index (χ1v) is 11.4. The fraction of sp³-hybridized carbons (Fsp3) is 0.520. The maximum absolute atomic E-state index is 12.9. The Kier molecular flexibility index (Phi) is 7.20. The summed E-state index contributed by atoms with van der Waals surface area (Å²) in [4.78, 5) is 22.0. The number of methoxy groups -OCH3 is 1. The number of piperidine rings is 1. The summed E-state index contributed by atoms with van der Waals surface area (Å²) in [6, 6.07) is 11.9. The molecule has 1 aromatic carbocycles. The van der Waals surface area contributed by atoms with Gasteiger partial charge in [0.15, 0.2) is 0 Å². The molecule has 6 nitrogen and oxygen atoms in total. The van der Waals surface area contributed by atoms with Gasteiger partial charge in [0.05, 0.1) is 26.0 Å². The van der Waals surface area contributed by atoms with Gasteiger partial charge in [-0.05, 0) is 56.6 Å². The summed E-state index contributed by atoms with van der Waals surface area (Å²) >= 11 is 0. The monoisotopic (exact) mass is 423 g/mol. The lowest BCUT2D eigenvalue weighted by atomic mass is 9.93. The molecule has 1 amide bonds. The molecule has 1 atom stereocenters. The Morgan fingerprint density at radius 3 is 2.74 bits per heavy atom. The van der Waals surface area contributed by atoms with E-state index < -0.39 is 0 Å². The first kappa shape index (κ1) is 21.8. The molecule has 1 aromatic heterocycles. The maximum Gasteiger partial charge on any atom is 0.223 e. The lowest BCUT2D eigenvalue weighted by molar-refractivity contribution is -0.140. The Morgan fingerprint density at radius 1 is 1.19 bits per heavy atom. The Balaban J connectivity index is 1.35. The number of morpholine rings is 1. The third-order valence-corrected chi connectivity index (χ3v) is 6.56.